The first kappa shape index (κ1) is 27.7. The number of para-hydroxylation sites is 1. The van der Waals surface area contributed by atoms with E-state index >= 15 is 0 Å². The molecule has 0 saturated carbocycles. The van der Waals surface area contributed by atoms with Crippen LogP contribution in [0.2, 0.25) is 0 Å². The van der Waals surface area contributed by atoms with Crippen molar-refractivity contribution in [1.82, 2.24) is 5.01 Å². The van der Waals surface area contributed by atoms with Gasteiger partial charge >= 0.3 is 0 Å². The number of nitro benzene ring substituents is 1. The number of nitrogens with zero attached hydrogens (tertiary/aromatic N) is 2. The molecule has 2 atom stereocenters. The molecule has 214 valence electrons. The van der Waals surface area contributed by atoms with Crippen molar-refractivity contribution >= 4 is 27.5 Å². The van der Waals surface area contributed by atoms with Gasteiger partial charge in [-0.1, -0.05) is 46.3 Å². The number of hydrogen-bond donors (Lipinski definition) is 1. The van der Waals surface area contributed by atoms with E-state index in [4.69, 9.17) is 20.1 Å². The van der Waals surface area contributed by atoms with Gasteiger partial charge < -0.3 is 14.2 Å². The molecule has 0 aliphatic carbocycles. The van der Waals surface area contributed by atoms with Gasteiger partial charge in [0.25, 0.3) is 11.6 Å². The third-order valence-corrected chi connectivity index (χ3v) is 8.27. The number of ether oxygens (including phenoxy) is 3. The van der Waals surface area contributed by atoms with Gasteiger partial charge in [-0.05, 0) is 56.2 Å². The minimum Gasteiger partial charge on any atom is -0.493 e. The first-order valence-corrected chi connectivity index (χ1v) is 14.7. The number of fused-ring (bicyclic) bond motifs is 6. The number of unbranched alkanes of at least 4 members (excludes halogenated alkanes) is 1. The maximum atomic E-state index is 13.5. The van der Waals surface area contributed by atoms with Gasteiger partial charge in [0.15, 0.2) is 0 Å². The van der Waals surface area contributed by atoms with Gasteiger partial charge in [-0.2, -0.15) is 0 Å². The number of hydrogen-bond acceptors (Lipinski definition) is 7. The van der Waals surface area contributed by atoms with E-state index in [-0.39, 0.29) is 11.6 Å². The van der Waals surface area contributed by atoms with E-state index in [9.17, 15) is 14.9 Å². The van der Waals surface area contributed by atoms with Gasteiger partial charge in [0.1, 0.15) is 34.6 Å². The molecule has 6 rings (SSSR count). The lowest BCUT2D eigenvalue weighted by Crippen LogP contribution is -2.51. The standard InChI is InChI=1S/C32H28BrN3O6/c1-20(23-8-3-5-11-28(23)36(38)39)41-22-13-15-27-30(19-22)42-29-18-21(40-17-7-6-16-33)12-14-26(29)32(27)25-10-4-2-9-24(25)31(37)35(32)34/h2-5,8-15,18-20H,6-7,16-17,34H2,1H3. The van der Waals surface area contributed by atoms with Crippen LogP contribution in [0.1, 0.15) is 58.5 Å². The van der Waals surface area contributed by atoms with Crippen LogP contribution in [0.3, 0.4) is 0 Å². The molecule has 0 fully saturated rings. The molecule has 2 aliphatic heterocycles. The zero-order chi connectivity index (χ0) is 29.4. The molecule has 10 heteroatoms. The van der Waals surface area contributed by atoms with Crippen molar-refractivity contribution in [2.24, 2.45) is 5.84 Å². The van der Waals surface area contributed by atoms with Crippen LogP contribution in [0, 0.1) is 10.1 Å². The lowest BCUT2D eigenvalue weighted by molar-refractivity contribution is -0.386. The van der Waals surface area contributed by atoms with E-state index in [2.05, 4.69) is 15.9 Å². The van der Waals surface area contributed by atoms with Crippen LogP contribution in [-0.4, -0.2) is 27.8 Å². The number of carbonyl (C=O) groups is 1. The summed E-state index contributed by atoms with van der Waals surface area (Å²) in [6, 6.07) is 24.8. The molecule has 42 heavy (non-hydrogen) atoms. The van der Waals surface area contributed by atoms with Gasteiger partial charge in [-0.3, -0.25) is 19.9 Å². The highest BCUT2D eigenvalue weighted by Gasteiger charge is 2.55. The van der Waals surface area contributed by atoms with Gasteiger partial charge in [-0.15, -0.1) is 0 Å². The average Bonchev–Trinajstić information content (AvgIpc) is 3.22. The molecule has 9 nitrogen and oxygen atoms in total. The summed E-state index contributed by atoms with van der Waals surface area (Å²) in [6.07, 6.45) is 1.27. The lowest BCUT2D eigenvalue weighted by atomic mass is 9.75. The second kappa shape index (κ2) is 11.1. The molecule has 0 saturated heterocycles. The predicted octanol–water partition coefficient (Wildman–Crippen LogP) is 7.02. The lowest BCUT2D eigenvalue weighted by Gasteiger charge is -2.42. The van der Waals surface area contributed by atoms with Crippen molar-refractivity contribution in [3.63, 3.8) is 0 Å². The summed E-state index contributed by atoms with van der Waals surface area (Å²) in [4.78, 5) is 24.6. The largest absolute Gasteiger partial charge is 0.493 e. The van der Waals surface area contributed by atoms with Crippen molar-refractivity contribution in [2.45, 2.75) is 31.4 Å². The first-order valence-electron chi connectivity index (χ1n) is 13.6. The van der Waals surface area contributed by atoms with E-state index in [1.165, 1.54) is 11.1 Å². The van der Waals surface area contributed by atoms with Crippen LogP contribution < -0.4 is 20.1 Å². The van der Waals surface area contributed by atoms with Crippen molar-refractivity contribution in [3.8, 4) is 23.0 Å². The zero-order valence-corrected chi connectivity index (χ0v) is 24.4. The third kappa shape index (κ3) is 4.47. The molecule has 0 radical (unpaired) electrons. The van der Waals surface area contributed by atoms with Crippen LogP contribution in [0.4, 0.5) is 5.69 Å². The summed E-state index contributed by atoms with van der Waals surface area (Å²) in [5.41, 5.74) is 1.94. The maximum absolute atomic E-state index is 13.5. The predicted molar refractivity (Wildman–Crippen MR) is 160 cm³/mol. The number of carbonyl (C=O) groups excluding carboxylic acids is 1. The van der Waals surface area contributed by atoms with Gasteiger partial charge in [0.2, 0.25) is 0 Å². The minimum atomic E-state index is -1.15. The highest BCUT2D eigenvalue weighted by molar-refractivity contribution is 9.09. The number of hydrazine groups is 1. The number of rotatable bonds is 9. The van der Waals surface area contributed by atoms with Crippen LogP contribution in [0.25, 0.3) is 0 Å². The number of amides is 1. The van der Waals surface area contributed by atoms with Gasteiger partial charge in [0, 0.05) is 45.8 Å². The highest BCUT2D eigenvalue weighted by atomic mass is 79.9. The monoisotopic (exact) mass is 629 g/mol. The Morgan fingerprint density at radius 1 is 0.952 bits per heavy atom. The molecule has 4 aromatic rings. The fourth-order valence-electron chi connectivity index (χ4n) is 5.80. The number of nitro groups is 1. The molecule has 2 N–H and O–H groups in total. The Morgan fingerprint density at radius 2 is 1.62 bits per heavy atom. The van der Waals surface area contributed by atoms with Crippen molar-refractivity contribution < 1.29 is 23.9 Å². The van der Waals surface area contributed by atoms with E-state index in [0.717, 1.165) is 23.7 Å². The minimum absolute atomic E-state index is 0.0180. The summed E-state index contributed by atoms with van der Waals surface area (Å²) in [5, 5.41) is 13.8. The van der Waals surface area contributed by atoms with Gasteiger partial charge in [0.05, 0.1) is 17.1 Å². The quantitative estimate of drug-likeness (QED) is 0.0528. The summed E-state index contributed by atoms with van der Waals surface area (Å²) < 4.78 is 18.6. The molecule has 2 unspecified atom stereocenters. The average molecular weight is 630 g/mol. The zero-order valence-electron chi connectivity index (χ0n) is 22.8. The first-order chi connectivity index (χ1) is 20.4. The summed E-state index contributed by atoms with van der Waals surface area (Å²) >= 11 is 3.44. The summed E-state index contributed by atoms with van der Waals surface area (Å²) in [7, 11) is 0. The van der Waals surface area contributed by atoms with E-state index in [0.29, 0.717) is 51.9 Å². The molecule has 2 heterocycles. The topological polar surface area (TPSA) is 117 Å². The number of halogens is 1. The molecular weight excluding hydrogens is 602 g/mol. The fourth-order valence-corrected chi connectivity index (χ4v) is 6.19. The Balaban J connectivity index is 1.44. The Kier molecular flexibility index (Phi) is 7.34. The normalized spacial score (nSPS) is 17.2. The van der Waals surface area contributed by atoms with Gasteiger partial charge in [-0.25, -0.2) is 5.84 Å². The molecular formula is C32H28BrN3O6. The van der Waals surface area contributed by atoms with Crippen LogP contribution in [-0.2, 0) is 5.54 Å². The second-order valence-electron chi connectivity index (χ2n) is 10.2. The number of nitrogens with two attached hydrogens (primary N) is 1. The van der Waals surface area contributed by atoms with Crippen molar-refractivity contribution in [2.75, 3.05) is 11.9 Å². The summed E-state index contributed by atoms with van der Waals surface area (Å²) in [5.74, 6) is 8.39. The SMILES string of the molecule is CC(Oc1ccc2c(c1)Oc1cc(OCCCCBr)ccc1C21c2ccccc2C(=O)N1N)c1ccccc1[N+](=O)[O-]. The van der Waals surface area contributed by atoms with E-state index in [1.54, 1.807) is 43.3 Å². The molecule has 0 bridgehead atoms. The second-order valence-corrected chi connectivity index (χ2v) is 11.0. The third-order valence-electron chi connectivity index (χ3n) is 7.71. The molecule has 1 amide bonds. The smallest absolute Gasteiger partial charge is 0.276 e. The molecule has 4 aromatic carbocycles. The molecule has 2 aliphatic rings. The van der Waals surface area contributed by atoms with Crippen LogP contribution in [0.5, 0.6) is 23.0 Å². The van der Waals surface area contributed by atoms with Crippen molar-refractivity contribution in [1.29, 1.82) is 0 Å². The molecule has 0 aromatic heterocycles. The Hall–Kier alpha value is -4.41. The Labute approximate surface area is 251 Å². The Bertz CT molecular complexity index is 1690. The highest BCUT2D eigenvalue weighted by Crippen LogP contribution is 2.57. The number of alkyl halides is 1. The summed E-state index contributed by atoms with van der Waals surface area (Å²) in [6.45, 7) is 2.31. The van der Waals surface area contributed by atoms with E-state index < -0.39 is 16.6 Å². The van der Waals surface area contributed by atoms with Crippen molar-refractivity contribution in [3.05, 3.63) is 123 Å². The number of benzene rings is 4. The van der Waals surface area contributed by atoms with E-state index in [1.807, 2.05) is 42.5 Å². The maximum Gasteiger partial charge on any atom is 0.276 e. The van der Waals surface area contributed by atoms with Crippen LogP contribution in [0.15, 0.2) is 84.9 Å². The fraction of sp³-hybridized carbons (Fsp3) is 0.219. The molecule has 1 spiro atoms. The Morgan fingerprint density at radius 3 is 2.36 bits per heavy atom. The van der Waals surface area contributed by atoms with Crippen LogP contribution >= 0.6 is 15.9 Å².